The normalized spacial score (nSPS) is 10.0. The van der Waals surface area contributed by atoms with E-state index in [9.17, 15) is 4.79 Å². The Morgan fingerprint density at radius 1 is 1.29 bits per heavy atom. The van der Waals surface area contributed by atoms with Crippen molar-refractivity contribution in [1.82, 2.24) is 9.78 Å². The van der Waals surface area contributed by atoms with Crippen LogP contribution >= 0.6 is 0 Å². The van der Waals surface area contributed by atoms with E-state index >= 15 is 0 Å². The third-order valence-electron chi connectivity index (χ3n) is 2.21. The van der Waals surface area contributed by atoms with Gasteiger partial charge in [0.1, 0.15) is 0 Å². The third-order valence-corrected chi connectivity index (χ3v) is 2.21. The molecule has 0 atom stereocenters. The van der Waals surface area contributed by atoms with Gasteiger partial charge in [0.05, 0.1) is 18.9 Å². The maximum Gasteiger partial charge on any atom is 0.346 e. The van der Waals surface area contributed by atoms with Gasteiger partial charge in [-0.3, -0.25) is 4.68 Å². The Hall–Kier alpha value is -2.30. The summed E-state index contributed by atoms with van der Waals surface area (Å²) < 4.78 is 11.8. The van der Waals surface area contributed by atoms with Crippen molar-refractivity contribution in [3.05, 3.63) is 42.2 Å². The molecule has 0 amide bonds. The quantitative estimate of drug-likeness (QED) is 0.596. The molecule has 0 fully saturated rings. The highest BCUT2D eigenvalue weighted by molar-refractivity contribution is 5.90. The molecule has 0 N–H and O–H groups in total. The van der Waals surface area contributed by atoms with Crippen LogP contribution in [-0.2, 0) is 7.05 Å². The maximum atomic E-state index is 11.8. The van der Waals surface area contributed by atoms with E-state index in [2.05, 4.69) is 5.10 Å². The first-order chi connectivity index (χ1) is 8.20. The molecule has 0 radical (unpaired) electrons. The molecule has 17 heavy (non-hydrogen) atoms. The molecule has 0 saturated heterocycles. The van der Waals surface area contributed by atoms with E-state index in [4.69, 9.17) is 9.47 Å². The van der Waals surface area contributed by atoms with Crippen molar-refractivity contribution in [2.24, 2.45) is 7.05 Å². The third kappa shape index (κ3) is 2.44. The number of aryl methyl sites for hydroxylation is 1. The van der Waals surface area contributed by atoms with Crippen molar-refractivity contribution < 1.29 is 14.3 Å². The van der Waals surface area contributed by atoms with Crippen molar-refractivity contribution in [1.29, 1.82) is 0 Å². The summed E-state index contributed by atoms with van der Waals surface area (Å²) in [5.74, 6) is 0.455. The van der Waals surface area contributed by atoms with Gasteiger partial charge in [0.15, 0.2) is 11.5 Å². The predicted molar refractivity (Wildman–Crippen MR) is 61.2 cm³/mol. The molecular weight excluding hydrogens is 220 g/mol. The standard InChI is InChI=1S/C12H12N2O3/c1-14-8-9(7-13-14)12(15)17-11-6-4-3-5-10(11)16-2/h3-8H,1-2H3. The first-order valence-corrected chi connectivity index (χ1v) is 5.04. The summed E-state index contributed by atoms with van der Waals surface area (Å²) in [4.78, 5) is 11.8. The Bertz CT molecular complexity index is 534. The van der Waals surface area contributed by atoms with Crippen molar-refractivity contribution in [2.75, 3.05) is 7.11 Å². The smallest absolute Gasteiger partial charge is 0.346 e. The fraction of sp³-hybridized carbons (Fsp3) is 0.167. The number of carbonyl (C=O) groups is 1. The van der Waals surface area contributed by atoms with Crippen LogP contribution in [0.5, 0.6) is 11.5 Å². The number of hydrogen-bond acceptors (Lipinski definition) is 4. The monoisotopic (exact) mass is 232 g/mol. The molecule has 0 aliphatic rings. The van der Waals surface area contributed by atoms with Gasteiger partial charge in [-0.15, -0.1) is 0 Å². The Balaban J connectivity index is 2.18. The summed E-state index contributed by atoms with van der Waals surface area (Å²) in [5, 5.41) is 3.91. The maximum absolute atomic E-state index is 11.8. The zero-order chi connectivity index (χ0) is 12.3. The molecule has 0 spiro atoms. The van der Waals surface area contributed by atoms with Gasteiger partial charge in [-0.25, -0.2) is 4.79 Å². The van der Waals surface area contributed by atoms with E-state index in [1.54, 1.807) is 42.2 Å². The molecule has 1 heterocycles. The van der Waals surface area contributed by atoms with Crippen molar-refractivity contribution in [2.45, 2.75) is 0 Å². The number of benzene rings is 1. The average molecular weight is 232 g/mol. The van der Waals surface area contributed by atoms with Crippen LogP contribution in [0.4, 0.5) is 0 Å². The van der Waals surface area contributed by atoms with Gasteiger partial charge < -0.3 is 9.47 Å². The van der Waals surface area contributed by atoms with Gasteiger partial charge in [-0.1, -0.05) is 12.1 Å². The van der Waals surface area contributed by atoms with Crippen LogP contribution < -0.4 is 9.47 Å². The minimum Gasteiger partial charge on any atom is -0.493 e. The molecule has 0 unspecified atom stereocenters. The van der Waals surface area contributed by atoms with Crippen LogP contribution in [-0.4, -0.2) is 22.9 Å². The number of nitrogens with zero attached hydrogens (tertiary/aromatic N) is 2. The SMILES string of the molecule is COc1ccccc1OC(=O)c1cnn(C)c1. The number of rotatable bonds is 3. The van der Waals surface area contributed by atoms with Gasteiger partial charge in [-0.2, -0.15) is 5.10 Å². The van der Waals surface area contributed by atoms with Gasteiger partial charge in [0.25, 0.3) is 0 Å². The fourth-order valence-electron chi connectivity index (χ4n) is 1.39. The van der Waals surface area contributed by atoms with Crippen LogP contribution in [0, 0.1) is 0 Å². The zero-order valence-electron chi connectivity index (χ0n) is 9.58. The molecule has 1 aromatic carbocycles. The van der Waals surface area contributed by atoms with E-state index in [0.29, 0.717) is 17.1 Å². The van der Waals surface area contributed by atoms with Gasteiger partial charge in [-0.05, 0) is 12.1 Å². The van der Waals surface area contributed by atoms with Gasteiger partial charge in [0, 0.05) is 13.2 Å². The molecule has 2 rings (SSSR count). The molecule has 1 aromatic heterocycles. The number of hydrogen-bond donors (Lipinski definition) is 0. The highest BCUT2D eigenvalue weighted by Crippen LogP contribution is 2.26. The first kappa shape index (κ1) is 11.2. The topological polar surface area (TPSA) is 53.4 Å². The van der Waals surface area contributed by atoms with Crippen molar-refractivity contribution >= 4 is 5.97 Å². The van der Waals surface area contributed by atoms with E-state index in [1.807, 2.05) is 0 Å². The minimum atomic E-state index is -0.456. The molecule has 88 valence electrons. The second kappa shape index (κ2) is 4.69. The lowest BCUT2D eigenvalue weighted by Gasteiger charge is -2.07. The second-order valence-corrected chi connectivity index (χ2v) is 3.44. The molecule has 2 aromatic rings. The minimum absolute atomic E-state index is 0.392. The second-order valence-electron chi connectivity index (χ2n) is 3.44. The summed E-state index contributed by atoms with van der Waals surface area (Å²) in [6, 6.07) is 6.98. The molecular formula is C12H12N2O3. The van der Waals surface area contributed by atoms with Gasteiger partial charge in [0.2, 0.25) is 0 Å². The Morgan fingerprint density at radius 2 is 2.00 bits per heavy atom. The summed E-state index contributed by atoms with van der Waals surface area (Å²) in [7, 11) is 3.26. The van der Waals surface area contributed by atoms with E-state index in [1.165, 1.54) is 13.3 Å². The molecule has 0 aliphatic heterocycles. The fourth-order valence-corrected chi connectivity index (χ4v) is 1.39. The largest absolute Gasteiger partial charge is 0.493 e. The number of ether oxygens (including phenoxy) is 2. The number of aromatic nitrogens is 2. The number of esters is 1. The molecule has 0 bridgehead atoms. The Labute approximate surface area is 98.6 Å². The summed E-state index contributed by atoms with van der Waals surface area (Å²) >= 11 is 0. The number of methoxy groups -OCH3 is 1. The summed E-state index contributed by atoms with van der Waals surface area (Å²) in [6.07, 6.45) is 3.05. The summed E-state index contributed by atoms with van der Waals surface area (Å²) in [6.45, 7) is 0. The molecule has 0 aliphatic carbocycles. The molecule has 5 nitrogen and oxygen atoms in total. The van der Waals surface area contributed by atoms with Crippen LogP contribution in [0.2, 0.25) is 0 Å². The predicted octanol–water partition coefficient (Wildman–Crippen LogP) is 1.65. The molecule has 5 heteroatoms. The lowest BCUT2D eigenvalue weighted by molar-refractivity contribution is 0.0729. The van der Waals surface area contributed by atoms with Crippen molar-refractivity contribution in [3.8, 4) is 11.5 Å². The lowest BCUT2D eigenvalue weighted by atomic mass is 10.3. The first-order valence-electron chi connectivity index (χ1n) is 5.04. The summed E-state index contributed by atoms with van der Waals surface area (Å²) in [5.41, 5.74) is 0.401. The average Bonchev–Trinajstić information content (AvgIpc) is 2.77. The van der Waals surface area contributed by atoms with Crippen LogP contribution in [0.25, 0.3) is 0 Å². The van der Waals surface area contributed by atoms with Crippen molar-refractivity contribution in [3.63, 3.8) is 0 Å². The van der Waals surface area contributed by atoms with Crippen LogP contribution in [0.15, 0.2) is 36.7 Å². The van der Waals surface area contributed by atoms with E-state index in [0.717, 1.165) is 0 Å². The number of carbonyl (C=O) groups excluding carboxylic acids is 1. The van der Waals surface area contributed by atoms with E-state index < -0.39 is 5.97 Å². The number of para-hydroxylation sites is 2. The van der Waals surface area contributed by atoms with Crippen LogP contribution in [0.1, 0.15) is 10.4 Å². The van der Waals surface area contributed by atoms with Gasteiger partial charge >= 0.3 is 5.97 Å². The molecule has 0 saturated carbocycles. The highest BCUT2D eigenvalue weighted by atomic mass is 16.6. The van der Waals surface area contributed by atoms with Crippen LogP contribution in [0.3, 0.4) is 0 Å². The van der Waals surface area contributed by atoms with E-state index in [-0.39, 0.29) is 0 Å². The Morgan fingerprint density at radius 3 is 2.59 bits per heavy atom. The highest BCUT2D eigenvalue weighted by Gasteiger charge is 2.13. The zero-order valence-corrected chi connectivity index (χ0v) is 9.58. The Kier molecular flexibility index (Phi) is 3.09. The lowest BCUT2D eigenvalue weighted by Crippen LogP contribution is -2.08.